The fourth-order valence-corrected chi connectivity index (χ4v) is 9.63. The van der Waals surface area contributed by atoms with Crippen LogP contribution in [0.5, 0.6) is 0 Å². The Labute approximate surface area is 273 Å². The summed E-state index contributed by atoms with van der Waals surface area (Å²) in [7, 11) is 0. The Hall–Kier alpha value is -1.87. The molecule has 260 valence electrons. The number of carbonyl (C=O) groups is 3. The second kappa shape index (κ2) is 17.3. The van der Waals surface area contributed by atoms with E-state index in [0.717, 1.165) is 61.2 Å². The molecule has 9 nitrogen and oxygen atoms in total. The molecule has 0 aromatic heterocycles. The number of carbonyl (C=O) groups excluding carboxylic acids is 3. The van der Waals surface area contributed by atoms with Gasteiger partial charge in [-0.1, -0.05) is 60.8 Å². The fourth-order valence-electron chi connectivity index (χ4n) is 9.63. The third-order valence-corrected chi connectivity index (χ3v) is 12.3. The maximum Gasteiger partial charge on any atom is 0.407 e. The molecule has 0 bridgehead atoms. The third kappa shape index (κ3) is 10.3. The molecule has 3 aliphatic rings. The van der Waals surface area contributed by atoms with Gasteiger partial charge in [0.05, 0.1) is 12.6 Å². The largest absolute Gasteiger partial charge is 0.446 e. The van der Waals surface area contributed by atoms with Crippen molar-refractivity contribution in [2.45, 2.75) is 137 Å². The lowest BCUT2D eigenvalue weighted by molar-refractivity contribution is -0.126. The lowest BCUT2D eigenvalue weighted by Crippen LogP contribution is -2.48. The predicted octanol–water partition coefficient (Wildman–Crippen LogP) is 5.50. The van der Waals surface area contributed by atoms with E-state index in [0.29, 0.717) is 30.2 Å². The van der Waals surface area contributed by atoms with Gasteiger partial charge in [0.25, 0.3) is 0 Å². The van der Waals surface area contributed by atoms with Gasteiger partial charge in [0.2, 0.25) is 11.8 Å². The van der Waals surface area contributed by atoms with Crippen LogP contribution in [0.1, 0.15) is 125 Å². The minimum absolute atomic E-state index is 0.0573. The van der Waals surface area contributed by atoms with Crippen molar-refractivity contribution < 1.29 is 19.1 Å². The number of nitrogens with two attached hydrogens (primary N) is 2. The van der Waals surface area contributed by atoms with E-state index in [9.17, 15) is 14.4 Å². The van der Waals surface area contributed by atoms with Crippen LogP contribution in [0.4, 0.5) is 4.79 Å². The first kappa shape index (κ1) is 37.6. The zero-order valence-electron chi connectivity index (χ0n) is 29.4. The summed E-state index contributed by atoms with van der Waals surface area (Å²) in [5.41, 5.74) is 12.0. The Morgan fingerprint density at radius 3 is 2.20 bits per heavy atom. The SMILES string of the molecule is CC(C)CCCC(C)C1CCC2C(C)C(C3(C)CCC(OC(=O)NCCNC(=O)CNC(=O)[C@@H](N)CCCN)CC3)CCC12C. The normalized spacial score (nSPS) is 32.8. The summed E-state index contributed by atoms with van der Waals surface area (Å²) in [5.74, 6) is 4.13. The van der Waals surface area contributed by atoms with Gasteiger partial charge in [-0.25, -0.2) is 4.79 Å². The molecule has 3 aliphatic carbocycles. The molecule has 0 aromatic carbocycles. The Morgan fingerprint density at radius 2 is 1.53 bits per heavy atom. The predicted molar refractivity (Wildman–Crippen MR) is 181 cm³/mol. The molecular weight excluding hydrogens is 566 g/mol. The summed E-state index contributed by atoms with van der Waals surface area (Å²) in [4.78, 5) is 36.4. The molecule has 3 amide bonds. The van der Waals surface area contributed by atoms with Crippen molar-refractivity contribution in [2.24, 2.45) is 57.8 Å². The van der Waals surface area contributed by atoms with Crippen molar-refractivity contribution in [3.63, 3.8) is 0 Å². The zero-order valence-corrected chi connectivity index (χ0v) is 29.4. The van der Waals surface area contributed by atoms with E-state index < -0.39 is 12.1 Å². The molecule has 3 fully saturated rings. The highest BCUT2D eigenvalue weighted by molar-refractivity contribution is 5.87. The average molecular weight is 634 g/mol. The maximum atomic E-state index is 12.5. The van der Waals surface area contributed by atoms with Crippen molar-refractivity contribution in [1.82, 2.24) is 16.0 Å². The molecule has 0 saturated heterocycles. The van der Waals surface area contributed by atoms with Gasteiger partial charge in [-0.15, -0.1) is 0 Å². The van der Waals surface area contributed by atoms with Crippen LogP contribution < -0.4 is 27.4 Å². The lowest BCUT2D eigenvalue weighted by atomic mass is 9.50. The molecule has 7 N–H and O–H groups in total. The van der Waals surface area contributed by atoms with Gasteiger partial charge in [0, 0.05) is 13.1 Å². The molecule has 9 heteroatoms. The molecule has 3 saturated carbocycles. The van der Waals surface area contributed by atoms with Crippen molar-refractivity contribution in [3.05, 3.63) is 0 Å². The minimum Gasteiger partial charge on any atom is -0.446 e. The van der Waals surface area contributed by atoms with E-state index in [1.54, 1.807) is 0 Å². The van der Waals surface area contributed by atoms with Crippen LogP contribution in [0.15, 0.2) is 0 Å². The molecule has 3 rings (SSSR count). The topological polar surface area (TPSA) is 149 Å². The Bertz CT molecular complexity index is 952. The first-order valence-corrected chi connectivity index (χ1v) is 18.2. The summed E-state index contributed by atoms with van der Waals surface area (Å²) in [6, 6.07) is -0.671. The van der Waals surface area contributed by atoms with Gasteiger partial charge in [-0.3, -0.25) is 9.59 Å². The summed E-state index contributed by atoms with van der Waals surface area (Å²) in [6.07, 6.45) is 14.3. The average Bonchev–Trinajstić information content (AvgIpc) is 3.35. The standard InChI is InChI=1S/C36H67N5O4/c1-24(2)9-7-10-25(3)28-12-13-30-26(4)29(16-19-36(28,30)6)35(5)17-14-27(15-18-35)45-34(44)40-22-21-39-32(42)23-41-33(43)31(38)11-8-20-37/h24-31H,7-23,37-38H2,1-6H3,(H,39,42)(H,40,44)(H,41,43)/t25?,26?,27?,28?,29?,30?,31-,35?,36?/m0/s1. The summed E-state index contributed by atoms with van der Waals surface area (Å²) >= 11 is 0. The summed E-state index contributed by atoms with van der Waals surface area (Å²) in [6.45, 7) is 15.8. The van der Waals surface area contributed by atoms with E-state index in [1.165, 1.54) is 44.9 Å². The molecule has 0 heterocycles. The number of nitrogens with one attached hydrogen (secondary N) is 3. The van der Waals surface area contributed by atoms with Crippen LogP contribution in [-0.2, 0) is 14.3 Å². The second-order valence-corrected chi connectivity index (χ2v) is 15.9. The molecule has 0 radical (unpaired) electrons. The number of rotatable bonds is 16. The molecule has 7 atom stereocenters. The van der Waals surface area contributed by atoms with Crippen LogP contribution in [0, 0.1) is 46.3 Å². The van der Waals surface area contributed by atoms with E-state index >= 15 is 0 Å². The van der Waals surface area contributed by atoms with Gasteiger partial charge >= 0.3 is 6.09 Å². The smallest absolute Gasteiger partial charge is 0.407 e. The van der Waals surface area contributed by atoms with Crippen molar-refractivity contribution in [3.8, 4) is 0 Å². The third-order valence-electron chi connectivity index (χ3n) is 12.3. The van der Waals surface area contributed by atoms with Gasteiger partial charge in [0.1, 0.15) is 6.10 Å². The molecule has 0 spiro atoms. The Morgan fingerprint density at radius 1 is 0.844 bits per heavy atom. The van der Waals surface area contributed by atoms with Crippen LogP contribution >= 0.6 is 0 Å². The van der Waals surface area contributed by atoms with Gasteiger partial charge in [0.15, 0.2) is 0 Å². The first-order valence-electron chi connectivity index (χ1n) is 18.2. The monoisotopic (exact) mass is 634 g/mol. The maximum absolute atomic E-state index is 12.5. The lowest BCUT2D eigenvalue weighted by Gasteiger charge is -2.55. The number of alkyl carbamates (subject to hydrolysis) is 1. The highest BCUT2D eigenvalue weighted by atomic mass is 16.6. The zero-order chi connectivity index (χ0) is 33.2. The van der Waals surface area contributed by atoms with E-state index in [4.69, 9.17) is 16.2 Å². The van der Waals surface area contributed by atoms with Crippen LogP contribution in [0.25, 0.3) is 0 Å². The molecule has 6 unspecified atom stereocenters. The van der Waals surface area contributed by atoms with Gasteiger partial charge in [-0.05, 0) is 117 Å². The van der Waals surface area contributed by atoms with Gasteiger partial charge in [-0.2, -0.15) is 0 Å². The van der Waals surface area contributed by atoms with Crippen molar-refractivity contribution in [2.75, 3.05) is 26.2 Å². The van der Waals surface area contributed by atoms with Crippen molar-refractivity contribution in [1.29, 1.82) is 0 Å². The Kier molecular flexibility index (Phi) is 14.5. The second-order valence-electron chi connectivity index (χ2n) is 15.9. The molecule has 45 heavy (non-hydrogen) atoms. The first-order chi connectivity index (χ1) is 21.3. The summed E-state index contributed by atoms with van der Waals surface area (Å²) in [5, 5.41) is 7.96. The molecule has 0 aromatic rings. The van der Waals surface area contributed by atoms with E-state index in [1.807, 2.05) is 0 Å². The van der Waals surface area contributed by atoms with E-state index in [2.05, 4.69) is 57.5 Å². The summed E-state index contributed by atoms with van der Waals surface area (Å²) < 4.78 is 5.77. The number of fused-ring (bicyclic) bond motifs is 1. The minimum atomic E-state index is -0.671. The number of amides is 3. The van der Waals surface area contributed by atoms with Crippen LogP contribution in [0.2, 0.25) is 0 Å². The fraction of sp³-hybridized carbons (Fsp3) is 0.917. The number of ether oxygens (including phenoxy) is 1. The number of hydrogen-bond donors (Lipinski definition) is 5. The van der Waals surface area contributed by atoms with Crippen LogP contribution in [-0.4, -0.2) is 56.2 Å². The molecular formula is C36H67N5O4. The number of hydrogen-bond acceptors (Lipinski definition) is 6. The Balaban J connectivity index is 1.35. The van der Waals surface area contributed by atoms with Gasteiger partial charge < -0.3 is 32.2 Å². The highest BCUT2D eigenvalue weighted by Crippen LogP contribution is 2.64. The van der Waals surface area contributed by atoms with Crippen molar-refractivity contribution >= 4 is 17.9 Å². The van der Waals surface area contributed by atoms with Crippen LogP contribution in [0.3, 0.4) is 0 Å². The van der Waals surface area contributed by atoms with E-state index in [-0.39, 0.29) is 37.6 Å². The highest BCUT2D eigenvalue weighted by Gasteiger charge is 2.56. The quantitative estimate of drug-likeness (QED) is 0.142. The molecule has 0 aliphatic heterocycles.